The Morgan fingerprint density at radius 1 is 1.28 bits per heavy atom. The molecule has 0 bridgehead atoms. The lowest BCUT2D eigenvalue weighted by molar-refractivity contribution is -0.127. The molecule has 2 atom stereocenters. The normalized spacial score (nSPS) is 23.8. The quantitative estimate of drug-likeness (QED) is 0.617. The minimum atomic E-state index is -0.00836. The van der Waals surface area contributed by atoms with Gasteiger partial charge in [0.1, 0.15) is 0 Å². The lowest BCUT2D eigenvalue weighted by atomic mass is 9.92. The highest BCUT2D eigenvalue weighted by atomic mass is 16.2. The van der Waals surface area contributed by atoms with E-state index in [4.69, 9.17) is 0 Å². The van der Waals surface area contributed by atoms with Crippen LogP contribution in [0.1, 0.15) is 33.6 Å². The molecule has 1 aliphatic heterocycles. The van der Waals surface area contributed by atoms with E-state index in [0.717, 1.165) is 19.4 Å². The van der Waals surface area contributed by atoms with Crippen molar-refractivity contribution in [3.05, 3.63) is 0 Å². The van der Waals surface area contributed by atoms with Gasteiger partial charge in [0.25, 0.3) is 0 Å². The lowest BCUT2D eigenvalue weighted by Gasteiger charge is -2.27. The summed E-state index contributed by atoms with van der Waals surface area (Å²) in [6.07, 6.45) is 1.79. The van der Waals surface area contributed by atoms with Gasteiger partial charge >= 0.3 is 0 Å². The van der Waals surface area contributed by atoms with Crippen LogP contribution in [0.5, 0.6) is 0 Å². The first kappa shape index (κ1) is 15.0. The molecule has 0 radical (unpaired) electrons. The highest BCUT2D eigenvalue weighted by Gasteiger charge is 2.24. The summed E-state index contributed by atoms with van der Waals surface area (Å²) in [7, 11) is 0. The van der Waals surface area contributed by atoms with Crippen LogP contribution < -0.4 is 16.0 Å². The van der Waals surface area contributed by atoms with Crippen molar-refractivity contribution < 1.29 is 9.59 Å². The van der Waals surface area contributed by atoms with Crippen molar-refractivity contribution in [2.45, 2.75) is 39.7 Å². The van der Waals surface area contributed by atoms with Crippen LogP contribution in [0.15, 0.2) is 0 Å². The Hall–Kier alpha value is -1.10. The monoisotopic (exact) mass is 255 g/mol. The molecule has 0 aromatic rings. The number of carbonyl (C=O) groups excluding carboxylic acids is 2. The summed E-state index contributed by atoms with van der Waals surface area (Å²) >= 11 is 0. The van der Waals surface area contributed by atoms with E-state index >= 15 is 0 Å². The number of carbonyl (C=O) groups is 2. The molecule has 1 aliphatic rings. The van der Waals surface area contributed by atoms with Gasteiger partial charge in [0.2, 0.25) is 11.8 Å². The third-order valence-electron chi connectivity index (χ3n) is 3.24. The summed E-state index contributed by atoms with van der Waals surface area (Å²) in [4.78, 5) is 23.2. The molecule has 5 nitrogen and oxygen atoms in total. The molecule has 1 rings (SSSR count). The minimum Gasteiger partial charge on any atom is -0.354 e. The van der Waals surface area contributed by atoms with Crippen molar-refractivity contribution in [2.24, 2.45) is 11.8 Å². The van der Waals surface area contributed by atoms with Crippen LogP contribution in [0.25, 0.3) is 0 Å². The maximum Gasteiger partial charge on any atom is 0.223 e. The Kier molecular flexibility index (Phi) is 6.12. The van der Waals surface area contributed by atoms with Crippen molar-refractivity contribution in [1.82, 2.24) is 16.0 Å². The molecular formula is C13H25N3O2. The predicted molar refractivity (Wildman–Crippen MR) is 71.0 cm³/mol. The molecule has 1 saturated heterocycles. The van der Waals surface area contributed by atoms with Crippen LogP contribution >= 0.6 is 0 Å². The number of rotatable bonds is 5. The lowest BCUT2D eigenvalue weighted by Crippen LogP contribution is -2.44. The molecule has 0 aromatic carbocycles. The van der Waals surface area contributed by atoms with Gasteiger partial charge in [0.15, 0.2) is 0 Å². The Labute approximate surface area is 109 Å². The molecule has 2 amide bonds. The average molecular weight is 255 g/mol. The van der Waals surface area contributed by atoms with Gasteiger partial charge < -0.3 is 16.0 Å². The van der Waals surface area contributed by atoms with E-state index in [1.54, 1.807) is 0 Å². The van der Waals surface area contributed by atoms with Crippen molar-refractivity contribution in [3.63, 3.8) is 0 Å². The summed E-state index contributed by atoms with van der Waals surface area (Å²) in [6.45, 7) is 7.72. The summed E-state index contributed by atoms with van der Waals surface area (Å²) in [5.74, 6) is 0.245. The molecule has 5 heteroatoms. The second-order valence-electron chi connectivity index (χ2n) is 5.31. The summed E-state index contributed by atoms with van der Waals surface area (Å²) in [5, 5.41) is 8.99. The van der Waals surface area contributed by atoms with Crippen LogP contribution in [0, 0.1) is 11.8 Å². The van der Waals surface area contributed by atoms with Gasteiger partial charge in [-0.3, -0.25) is 9.59 Å². The Morgan fingerprint density at radius 2 is 1.94 bits per heavy atom. The number of hydrogen-bond acceptors (Lipinski definition) is 3. The van der Waals surface area contributed by atoms with Crippen molar-refractivity contribution in [3.8, 4) is 0 Å². The van der Waals surface area contributed by atoms with E-state index in [1.807, 2.05) is 13.8 Å². The van der Waals surface area contributed by atoms with Crippen molar-refractivity contribution >= 4 is 11.8 Å². The Balaban J connectivity index is 2.15. The van der Waals surface area contributed by atoms with Gasteiger partial charge in [-0.2, -0.15) is 0 Å². The third kappa shape index (κ3) is 5.04. The Morgan fingerprint density at radius 3 is 2.56 bits per heavy atom. The number of piperidine rings is 1. The fourth-order valence-electron chi connectivity index (χ4n) is 2.09. The van der Waals surface area contributed by atoms with E-state index in [9.17, 15) is 9.59 Å². The summed E-state index contributed by atoms with van der Waals surface area (Å²) in [5.41, 5.74) is 0. The molecule has 0 spiro atoms. The standard InChI is InChI=1S/C13H25N3O2/c1-9(2)12(17)15-6-7-16-13(18)11-4-5-14-10(3)8-11/h9-11,14H,4-8H2,1-3H3,(H,15,17)(H,16,18). The first-order chi connectivity index (χ1) is 8.50. The zero-order valence-corrected chi connectivity index (χ0v) is 11.6. The molecule has 18 heavy (non-hydrogen) atoms. The van der Waals surface area contributed by atoms with Gasteiger partial charge in [-0.15, -0.1) is 0 Å². The number of hydrogen-bond donors (Lipinski definition) is 3. The first-order valence-corrected chi connectivity index (χ1v) is 6.79. The van der Waals surface area contributed by atoms with Gasteiger partial charge in [-0.05, 0) is 26.3 Å². The van der Waals surface area contributed by atoms with Crippen LogP contribution in [-0.2, 0) is 9.59 Å². The Bertz CT molecular complexity index is 292. The van der Waals surface area contributed by atoms with E-state index in [2.05, 4.69) is 22.9 Å². The van der Waals surface area contributed by atoms with Crippen LogP contribution in [0.4, 0.5) is 0 Å². The second kappa shape index (κ2) is 7.36. The van der Waals surface area contributed by atoms with E-state index < -0.39 is 0 Å². The smallest absolute Gasteiger partial charge is 0.223 e. The summed E-state index contributed by atoms with van der Waals surface area (Å²) in [6, 6.07) is 0.412. The first-order valence-electron chi connectivity index (χ1n) is 6.79. The predicted octanol–water partition coefficient (Wildman–Crippen LogP) is 0.263. The van der Waals surface area contributed by atoms with E-state index in [-0.39, 0.29) is 23.7 Å². The molecule has 0 aromatic heterocycles. The number of amides is 2. The van der Waals surface area contributed by atoms with Gasteiger partial charge in [0, 0.05) is 31.0 Å². The highest BCUT2D eigenvalue weighted by Crippen LogP contribution is 2.15. The maximum atomic E-state index is 11.9. The third-order valence-corrected chi connectivity index (χ3v) is 3.24. The molecule has 1 fully saturated rings. The zero-order chi connectivity index (χ0) is 13.5. The van der Waals surface area contributed by atoms with Gasteiger partial charge in [0.05, 0.1) is 0 Å². The van der Waals surface area contributed by atoms with Crippen LogP contribution in [-0.4, -0.2) is 37.5 Å². The van der Waals surface area contributed by atoms with E-state index in [0.29, 0.717) is 19.1 Å². The van der Waals surface area contributed by atoms with Crippen LogP contribution in [0.3, 0.4) is 0 Å². The molecule has 3 N–H and O–H groups in total. The van der Waals surface area contributed by atoms with Gasteiger partial charge in [-0.25, -0.2) is 0 Å². The average Bonchev–Trinajstić information content (AvgIpc) is 2.33. The SMILES string of the molecule is CC1CC(C(=O)NCCNC(=O)C(C)C)CCN1. The maximum absolute atomic E-state index is 11.9. The molecule has 0 saturated carbocycles. The zero-order valence-electron chi connectivity index (χ0n) is 11.6. The topological polar surface area (TPSA) is 70.2 Å². The molecule has 104 valence electrons. The minimum absolute atomic E-state index is 0.00836. The summed E-state index contributed by atoms with van der Waals surface area (Å²) < 4.78 is 0. The molecule has 1 heterocycles. The molecular weight excluding hydrogens is 230 g/mol. The fraction of sp³-hybridized carbons (Fsp3) is 0.846. The number of nitrogens with one attached hydrogen (secondary N) is 3. The van der Waals surface area contributed by atoms with E-state index in [1.165, 1.54) is 0 Å². The van der Waals surface area contributed by atoms with Gasteiger partial charge in [-0.1, -0.05) is 13.8 Å². The van der Waals surface area contributed by atoms with Crippen LogP contribution in [0.2, 0.25) is 0 Å². The van der Waals surface area contributed by atoms with Crippen molar-refractivity contribution in [2.75, 3.05) is 19.6 Å². The highest BCUT2D eigenvalue weighted by molar-refractivity contribution is 5.79. The van der Waals surface area contributed by atoms with Crippen molar-refractivity contribution in [1.29, 1.82) is 0 Å². The fourth-order valence-corrected chi connectivity index (χ4v) is 2.09. The second-order valence-corrected chi connectivity index (χ2v) is 5.31. The molecule has 2 unspecified atom stereocenters. The molecule has 0 aliphatic carbocycles. The largest absolute Gasteiger partial charge is 0.354 e.